The van der Waals surface area contributed by atoms with E-state index < -0.39 is 23.7 Å². The van der Waals surface area contributed by atoms with Gasteiger partial charge in [-0.15, -0.1) is 0 Å². The van der Waals surface area contributed by atoms with Gasteiger partial charge < -0.3 is 19.5 Å². The van der Waals surface area contributed by atoms with Gasteiger partial charge >= 0.3 is 5.97 Å². The summed E-state index contributed by atoms with van der Waals surface area (Å²) in [5.74, 6) is -0.405. The van der Waals surface area contributed by atoms with Gasteiger partial charge in [-0.1, -0.05) is 24.3 Å². The number of amides is 1. The van der Waals surface area contributed by atoms with Crippen molar-refractivity contribution >= 4 is 11.9 Å². The number of hydrogen-bond acceptors (Lipinski definition) is 5. The highest BCUT2D eigenvalue weighted by Crippen LogP contribution is 2.25. The van der Waals surface area contributed by atoms with E-state index in [9.17, 15) is 14.0 Å². The summed E-state index contributed by atoms with van der Waals surface area (Å²) < 4.78 is 28.4. The molecule has 138 valence electrons. The number of methoxy groups -OCH3 is 2. The van der Waals surface area contributed by atoms with Crippen LogP contribution in [0.15, 0.2) is 48.5 Å². The van der Waals surface area contributed by atoms with Crippen LogP contribution in [0.2, 0.25) is 0 Å². The summed E-state index contributed by atoms with van der Waals surface area (Å²) in [5, 5.41) is 2.70. The summed E-state index contributed by atoms with van der Waals surface area (Å²) in [4.78, 5) is 23.8. The first-order chi connectivity index (χ1) is 12.5. The van der Waals surface area contributed by atoms with Crippen LogP contribution in [0.1, 0.15) is 18.0 Å². The van der Waals surface area contributed by atoms with Crippen LogP contribution in [0.3, 0.4) is 0 Å². The molecule has 1 unspecified atom stereocenters. The van der Waals surface area contributed by atoms with Crippen molar-refractivity contribution in [3.05, 3.63) is 59.9 Å². The van der Waals surface area contributed by atoms with Gasteiger partial charge in [-0.3, -0.25) is 9.59 Å². The molecule has 26 heavy (non-hydrogen) atoms. The summed E-state index contributed by atoms with van der Waals surface area (Å²) in [7, 11) is 2.76. The Bertz CT molecular complexity index is 748. The quantitative estimate of drug-likeness (QED) is 0.732. The lowest BCUT2D eigenvalue weighted by Gasteiger charge is -2.18. The molecule has 6 nitrogen and oxygen atoms in total. The van der Waals surface area contributed by atoms with Crippen LogP contribution in [0, 0.1) is 5.82 Å². The highest BCUT2D eigenvalue weighted by Gasteiger charge is 2.19. The predicted octanol–water partition coefficient (Wildman–Crippen LogP) is 2.63. The van der Waals surface area contributed by atoms with Crippen molar-refractivity contribution in [3.63, 3.8) is 0 Å². The number of halogens is 1. The molecule has 0 heterocycles. The van der Waals surface area contributed by atoms with Crippen molar-refractivity contribution in [2.24, 2.45) is 0 Å². The van der Waals surface area contributed by atoms with Crippen molar-refractivity contribution < 1.29 is 28.2 Å². The molecule has 0 aromatic heterocycles. The van der Waals surface area contributed by atoms with Gasteiger partial charge in [0.05, 0.1) is 26.7 Å². The monoisotopic (exact) mass is 361 g/mol. The average Bonchev–Trinajstić information content (AvgIpc) is 2.66. The number of carbonyl (C=O) groups is 2. The Labute approximate surface area is 150 Å². The van der Waals surface area contributed by atoms with E-state index in [0.717, 1.165) is 0 Å². The average molecular weight is 361 g/mol. The van der Waals surface area contributed by atoms with E-state index in [1.807, 2.05) is 0 Å². The van der Waals surface area contributed by atoms with E-state index in [4.69, 9.17) is 9.47 Å². The van der Waals surface area contributed by atoms with Crippen molar-refractivity contribution in [1.29, 1.82) is 0 Å². The molecule has 2 rings (SSSR count). The van der Waals surface area contributed by atoms with Crippen molar-refractivity contribution in [1.82, 2.24) is 5.32 Å². The van der Waals surface area contributed by atoms with Gasteiger partial charge in [-0.25, -0.2) is 4.39 Å². The molecule has 0 saturated heterocycles. The van der Waals surface area contributed by atoms with E-state index in [2.05, 4.69) is 10.1 Å². The van der Waals surface area contributed by atoms with E-state index in [-0.39, 0.29) is 13.0 Å². The van der Waals surface area contributed by atoms with Crippen LogP contribution < -0.4 is 14.8 Å². The SMILES string of the molecule is COC(=O)CC(NC(=O)COc1ccccc1OC)c1ccc(F)cc1. The number of rotatable bonds is 8. The molecule has 7 heteroatoms. The largest absolute Gasteiger partial charge is 0.493 e. The summed E-state index contributed by atoms with van der Waals surface area (Å²) in [6, 6.07) is 11.8. The number of hydrogen-bond donors (Lipinski definition) is 1. The van der Waals surface area contributed by atoms with Crippen LogP contribution in [0.4, 0.5) is 4.39 Å². The lowest BCUT2D eigenvalue weighted by molar-refractivity contribution is -0.141. The van der Waals surface area contributed by atoms with E-state index in [1.54, 1.807) is 24.3 Å². The maximum absolute atomic E-state index is 13.1. The lowest BCUT2D eigenvalue weighted by atomic mass is 10.0. The molecular formula is C19H20FNO5. The Morgan fingerprint density at radius 3 is 2.31 bits per heavy atom. The van der Waals surface area contributed by atoms with Gasteiger partial charge in [0.25, 0.3) is 5.91 Å². The van der Waals surface area contributed by atoms with Gasteiger partial charge in [-0.2, -0.15) is 0 Å². The molecule has 2 aromatic rings. The Kier molecular flexibility index (Phi) is 6.96. The zero-order chi connectivity index (χ0) is 18.9. The first-order valence-corrected chi connectivity index (χ1v) is 7.91. The molecule has 0 bridgehead atoms. The molecule has 0 aliphatic carbocycles. The molecule has 1 N–H and O–H groups in total. The minimum absolute atomic E-state index is 0.0808. The third kappa shape index (κ3) is 5.47. The Morgan fingerprint density at radius 2 is 1.69 bits per heavy atom. The van der Waals surface area contributed by atoms with Crippen molar-refractivity contribution in [3.8, 4) is 11.5 Å². The number of nitrogens with one attached hydrogen (secondary N) is 1. The lowest BCUT2D eigenvalue weighted by Crippen LogP contribution is -2.34. The number of carbonyl (C=O) groups excluding carboxylic acids is 2. The zero-order valence-corrected chi connectivity index (χ0v) is 14.5. The summed E-state index contributed by atoms with van der Waals surface area (Å²) in [6.45, 7) is -0.265. The second-order valence-corrected chi connectivity index (χ2v) is 5.39. The highest BCUT2D eigenvalue weighted by molar-refractivity contribution is 5.79. The van der Waals surface area contributed by atoms with E-state index >= 15 is 0 Å². The second kappa shape index (κ2) is 9.41. The molecule has 0 fully saturated rings. The number of ether oxygens (including phenoxy) is 3. The molecule has 1 amide bonds. The standard InChI is InChI=1S/C19H20FNO5/c1-24-16-5-3-4-6-17(16)26-12-18(22)21-15(11-19(23)25-2)13-7-9-14(20)10-8-13/h3-10,15H,11-12H2,1-2H3,(H,21,22). The molecule has 0 aliphatic heterocycles. The molecule has 2 aromatic carbocycles. The number of esters is 1. The minimum atomic E-state index is -0.656. The third-order valence-corrected chi connectivity index (χ3v) is 3.63. The smallest absolute Gasteiger partial charge is 0.307 e. The highest BCUT2D eigenvalue weighted by atomic mass is 19.1. The van der Waals surface area contributed by atoms with Gasteiger partial charge in [0.15, 0.2) is 18.1 Å². The minimum Gasteiger partial charge on any atom is -0.493 e. The van der Waals surface area contributed by atoms with Crippen LogP contribution in [-0.2, 0) is 14.3 Å². The summed E-state index contributed by atoms with van der Waals surface area (Å²) in [5.41, 5.74) is 0.586. The fourth-order valence-electron chi connectivity index (χ4n) is 2.31. The number of para-hydroxylation sites is 2. The van der Waals surface area contributed by atoms with Crippen molar-refractivity contribution in [2.75, 3.05) is 20.8 Å². The Balaban J connectivity index is 2.03. The van der Waals surface area contributed by atoms with Crippen LogP contribution >= 0.6 is 0 Å². The molecule has 0 spiro atoms. The van der Waals surface area contributed by atoms with E-state index in [1.165, 1.54) is 38.5 Å². The summed E-state index contributed by atoms with van der Waals surface area (Å²) >= 11 is 0. The fourth-order valence-corrected chi connectivity index (χ4v) is 2.31. The zero-order valence-electron chi connectivity index (χ0n) is 14.5. The Morgan fingerprint density at radius 1 is 1.04 bits per heavy atom. The molecule has 0 saturated carbocycles. The second-order valence-electron chi connectivity index (χ2n) is 5.39. The topological polar surface area (TPSA) is 73.9 Å². The van der Waals surface area contributed by atoms with Crippen LogP contribution in [0.5, 0.6) is 11.5 Å². The number of benzene rings is 2. The predicted molar refractivity (Wildman–Crippen MR) is 92.4 cm³/mol. The van der Waals surface area contributed by atoms with Gasteiger partial charge in [0, 0.05) is 0 Å². The first-order valence-electron chi connectivity index (χ1n) is 7.91. The van der Waals surface area contributed by atoms with Gasteiger partial charge in [0.2, 0.25) is 0 Å². The maximum atomic E-state index is 13.1. The fraction of sp³-hybridized carbons (Fsp3) is 0.263. The van der Waals surface area contributed by atoms with Gasteiger partial charge in [0.1, 0.15) is 5.82 Å². The van der Waals surface area contributed by atoms with Crippen LogP contribution in [-0.4, -0.2) is 32.7 Å². The van der Waals surface area contributed by atoms with E-state index in [0.29, 0.717) is 17.1 Å². The maximum Gasteiger partial charge on any atom is 0.307 e. The molecular weight excluding hydrogens is 341 g/mol. The summed E-state index contributed by atoms with van der Waals surface area (Å²) in [6.07, 6.45) is -0.0808. The first kappa shape index (κ1) is 19.2. The normalized spacial score (nSPS) is 11.3. The molecule has 0 aliphatic rings. The molecule has 0 radical (unpaired) electrons. The van der Waals surface area contributed by atoms with Crippen LogP contribution in [0.25, 0.3) is 0 Å². The molecule has 1 atom stereocenters. The van der Waals surface area contributed by atoms with Crippen molar-refractivity contribution in [2.45, 2.75) is 12.5 Å². The Hall–Kier alpha value is -3.09. The van der Waals surface area contributed by atoms with Gasteiger partial charge in [-0.05, 0) is 29.8 Å². The third-order valence-electron chi connectivity index (χ3n) is 3.63.